The van der Waals surface area contributed by atoms with Crippen molar-refractivity contribution in [2.45, 2.75) is 32.4 Å². The zero-order valence-electron chi connectivity index (χ0n) is 14.4. The summed E-state index contributed by atoms with van der Waals surface area (Å²) in [5.74, 6) is 2.13. The van der Waals surface area contributed by atoms with Crippen LogP contribution in [0.2, 0.25) is 0 Å². The molecule has 1 saturated heterocycles. The van der Waals surface area contributed by atoms with Gasteiger partial charge in [0.05, 0.1) is 5.75 Å². The second-order valence-electron chi connectivity index (χ2n) is 6.72. The minimum absolute atomic E-state index is 0.147. The summed E-state index contributed by atoms with van der Waals surface area (Å²) in [6, 6.07) is 7.89. The van der Waals surface area contributed by atoms with Crippen LogP contribution in [0.4, 0.5) is 0 Å². The van der Waals surface area contributed by atoms with E-state index < -0.39 is 0 Å². The van der Waals surface area contributed by atoms with E-state index >= 15 is 0 Å². The number of rotatable bonds is 4. The number of aryl methyl sites for hydroxylation is 1. The van der Waals surface area contributed by atoms with Gasteiger partial charge in [0.15, 0.2) is 0 Å². The molecule has 0 unspecified atom stereocenters. The summed E-state index contributed by atoms with van der Waals surface area (Å²) in [7, 11) is 0. The van der Waals surface area contributed by atoms with Gasteiger partial charge in [0, 0.05) is 18.7 Å². The van der Waals surface area contributed by atoms with Crippen molar-refractivity contribution in [2.24, 2.45) is 11.8 Å². The maximum atomic E-state index is 12.4. The molecular weight excluding hydrogens is 322 g/mol. The smallest absolute Gasteiger partial charge is 0.277 e. The SMILES string of the molecule is Cc1ccccc1-c1nnc(SCC(=O)N2C[C@@H](C)C[C@H](C)C2)o1. The number of benzene rings is 1. The van der Waals surface area contributed by atoms with E-state index in [2.05, 4.69) is 24.0 Å². The average molecular weight is 345 g/mol. The Kier molecular flexibility index (Phi) is 5.23. The number of hydrogen-bond acceptors (Lipinski definition) is 5. The summed E-state index contributed by atoms with van der Waals surface area (Å²) in [4.78, 5) is 14.4. The predicted molar refractivity (Wildman–Crippen MR) is 94.7 cm³/mol. The topological polar surface area (TPSA) is 59.2 Å². The van der Waals surface area contributed by atoms with Crippen LogP contribution in [0.3, 0.4) is 0 Å². The first-order chi connectivity index (χ1) is 11.5. The number of nitrogens with zero attached hydrogens (tertiary/aromatic N) is 3. The number of piperidine rings is 1. The number of likely N-dealkylation sites (tertiary alicyclic amines) is 1. The van der Waals surface area contributed by atoms with E-state index in [1.807, 2.05) is 36.1 Å². The molecule has 2 heterocycles. The summed E-state index contributed by atoms with van der Waals surface area (Å²) >= 11 is 1.31. The number of aromatic nitrogens is 2. The van der Waals surface area contributed by atoms with Gasteiger partial charge in [0.1, 0.15) is 0 Å². The first kappa shape index (κ1) is 17.0. The molecule has 1 aromatic heterocycles. The lowest BCUT2D eigenvalue weighted by atomic mass is 9.92. The number of carbonyl (C=O) groups excluding carboxylic acids is 1. The summed E-state index contributed by atoms with van der Waals surface area (Å²) in [6.07, 6.45) is 1.19. The highest BCUT2D eigenvalue weighted by atomic mass is 32.2. The van der Waals surface area contributed by atoms with Crippen molar-refractivity contribution < 1.29 is 9.21 Å². The van der Waals surface area contributed by atoms with Gasteiger partial charge in [-0.1, -0.05) is 43.8 Å². The van der Waals surface area contributed by atoms with Crippen LogP contribution in [-0.4, -0.2) is 39.8 Å². The Bertz CT molecular complexity index is 706. The molecule has 1 aromatic carbocycles. The Morgan fingerprint density at radius 2 is 1.96 bits per heavy atom. The van der Waals surface area contributed by atoms with E-state index in [0.717, 1.165) is 24.2 Å². The van der Waals surface area contributed by atoms with Crippen LogP contribution in [0.1, 0.15) is 25.8 Å². The number of carbonyl (C=O) groups is 1. The van der Waals surface area contributed by atoms with Gasteiger partial charge >= 0.3 is 0 Å². The maximum Gasteiger partial charge on any atom is 0.277 e. The van der Waals surface area contributed by atoms with E-state index in [1.165, 1.54) is 18.2 Å². The largest absolute Gasteiger partial charge is 0.411 e. The maximum absolute atomic E-state index is 12.4. The molecule has 1 aliphatic heterocycles. The summed E-state index contributed by atoms with van der Waals surface area (Å²) in [6.45, 7) is 8.11. The molecule has 5 nitrogen and oxygen atoms in total. The van der Waals surface area contributed by atoms with Gasteiger partial charge in [0.25, 0.3) is 5.22 Å². The molecule has 128 valence electrons. The monoisotopic (exact) mass is 345 g/mol. The lowest BCUT2D eigenvalue weighted by molar-refractivity contribution is -0.130. The number of hydrogen-bond donors (Lipinski definition) is 0. The normalized spacial score (nSPS) is 21.0. The van der Waals surface area contributed by atoms with Crippen LogP contribution < -0.4 is 0 Å². The van der Waals surface area contributed by atoms with Crippen LogP contribution in [0.25, 0.3) is 11.5 Å². The Hall–Kier alpha value is -1.82. The highest BCUT2D eigenvalue weighted by Gasteiger charge is 2.25. The molecule has 0 bridgehead atoms. The van der Waals surface area contributed by atoms with E-state index in [1.54, 1.807) is 0 Å². The second-order valence-corrected chi connectivity index (χ2v) is 7.65. The highest BCUT2D eigenvalue weighted by molar-refractivity contribution is 7.99. The quantitative estimate of drug-likeness (QED) is 0.792. The zero-order valence-corrected chi connectivity index (χ0v) is 15.2. The number of amides is 1. The zero-order chi connectivity index (χ0) is 17.1. The molecule has 3 rings (SSSR count). The molecule has 1 amide bonds. The van der Waals surface area contributed by atoms with Crippen molar-refractivity contribution in [3.8, 4) is 11.5 Å². The highest BCUT2D eigenvalue weighted by Crippen LogP contribution is 2.26. The van der Waals surface area contributed by atoms with Crippen molar-refractivity contribution in [1.82, 2.24) is 15.1 Å². The van der Waals surface area contributed by atoms with Crippen molar-refractivity contribution >= 4 is 17.7 Å². The summed E-state index contributed by atoms with van der Waals surface area (Å²) in [5.41, 5.74) is 2.02. The van der Waals surface area contributed by atoms with E-state index in [0.29, 0.717) is 28.7 Å². The van der Waals surface area contributed by atoms with Gasteiger partial charge in [-0.05, 0) is 36.8 Å². The van der Waals surface area contributed by atoms with Gasteiger partial charge in [0.2, 0.25) is 11.8 Å². The van der Waals surface area contributed by atoms with E-state index in [4.69, 9.17) is 4.42 Å². The Morgan fingerprint density at radius 1 is 1.25 bits per heavy atom. The third-order valence-electron chi connectivity index (χ3n) is 4.32. The van der Waals surface area contributed by atoms with Crippen LogP contribution in [0, 0.1) is 18.8 Å². The van der Waals surface area contributed by atoms with E-state index in [-0.39, 0.29) is 5.91 Å². The summed E-state index contributed by atoms with van der Waals surface area (Å²) < 4.78 is 5.70. The minimum atomic E-state index is 0.147. The second kappa shape index (κ2) is 7.38. The molecule has 2 atom stereocenters. The first-order valence-electron chi connectivity index (χ1n) is 8.33. The molecule has 1 fully saturated rings. The lowest BCUT2D eigenvalue weighted by Gasteiger charge is -2.34. The van der Waals surface area contributed by atoms with Crippen molar-refractivity contribution in [3.05, 3.63) is 29.8 Å². The lowest BCUT2D eigenvalue weighted by Crippen LogP contribution is -2.43. The molecule has 2 aromatic rings. The fraction of sp³-hybridized carbons (Fsp3) is 0.500. The number of thioether (sulfide) groups is 1. The Balaban J connectivity index is 1.59. The van der Waals surface area contributed by atoms with Crippen molar-refractivity contribution in [2.75, 3.05) is 18.8 Å². The van der Waals surface area contributed by atoms with Crippen LogP contribution in [-0.2, 0) is 4.79 Å². The molecule has 0 N–H and O–H groups in total. The fourth-order valence-electron chi connectivity index (χ4n) is 3.27. The first-order valence-corrected chi connectivity index (χ1v) is 9.31. The summed E-state index contributed by atoms with van der Waals surface area (Å²) in [5, 5.41) is 8.60. The van der Waals surface area contributed by atoms with Crippen LogP contribution in [0.15, 0.2) is 33.9 Å². The standard InChI is InChI=1S/C18H23N3O2S/c1-12-8-13(2)10-21(9-12)16(22)11-24-18-20-19-17(23-18)15-7-5-4-6-14(15)3/h4-7,12-13H,8-11H2,1-3H3/t12-,13-/m0/s1. The molecule has 24 heavy (non-hydrogen) atoms. The van der Waals surface area contributed by atoms with E-state index in [9.17, 15) is 4.79 Å². The van der Waals surface area contributed by atoms with Gasteiger partial charge < -0.3 is 9.32 Å². The van der Waals surface area contributed by atoms with Crippen LogP contribution >= 0.6 is 11.8 Å². The molecule has 1 aliphatic rings. The predicted octanol–water partition coefficient (Wildman–Crippen LogP) is 3.64. The third kappa shape index (κ3) is 3.98. The Labute approximate surface area is 146 Å². The average Bonchev–Trinajstić information content (AvgIpc) is 3.01. The van der Waals surface area contributed by atoms with Crippen molar-refractivity contribution in [3.63, 3.8) is 0 Å². The minimum Gasteiger partial charge on any atom is -0.411 e. The third-order valence-corrected chi connectivity index (χ3v) is 5.13. The fourth-order valence-corrected chi connectivity index (χ4v) is 3.94. The van der Waals surface area contributed by atoms with Gasteiger partial charge in [-0.2, -0.15) is 0 Å². The molecule has 6 heteroatoms. The molecule has 0 spiro atoms. The Morgan fingerprint density at radius 3 is 2.67 bits per heavy atom. The van der Waals surface area contributed by atoms with Gasteiger partial charge in [-0.15, -0.1) is 10.2 Å². The molecular formula is C18H23N3O2S. The van der Waals surface area contributed by atoms with Gasteiger partial charge in [-0.3, -0.25) is 4.79 Å². The molecule has 0 saturated carbocycles. The molecule has 0 radical (unpaired) electrons. The van der Waals surface area contributed by atoms with Crippen molar-refractivity contribution in [1.29, 1.82) is 0 Å². The molecule has 0 aliphatic carbocycles. The van der Waals surface area contributed by atoms with Gasteiger partial charge in [-0.25, -0.2) is 0 Å². The van der Waals surface area contributed by atoms with Crippen LogP contribution in [0.5, 0.6) is 0 Å².